The Morgan fingerprint density at radius 2 is 2.18 bits per heavy atom. The Morgan fingerprint density at radius 1 is 1.32 bits per heavy atom. The molecule has 22 heavy (non-hydrogen) atoms. The maximum atomic E-state index is 12.4. The number of aromatic amines is 1. The highest BCUT2D eigenvalue weighted by Crippen LogP contribution is 2.20. The molecule has 3 rings (SSSR count). The maximum absolute atomic E-state index is 12.4. The van der Waals surface area contributed by atoms with Crippen molar-refractivity contribution in [2.45, 2.75) is 6.54 Å². The van der Waals surface area contributed by atoms with Crippen LogP contribution in [0.2, 0.25) is 0 Å². The molecule has 0 unspecified atom stereocenters. The summed E-state index contributed by atoms with van der Waals surface area (Å²) >= 11 is 0. The Balaban J connectivity index is 1.92. The number of H-pyrrole nitrogens is 1. The van der Waals surface area contributed by atoms with Gasteiger partial charge in [-0.25, -0.2) is 0 Å². The third-order valence-corrected chi connectivity index (χ3v) is 3.34. The van der Waals surface area contributed by atoms with Crippen LogP contribution in [-0.4, -0.2) is 18.0 Å². The Bertz CT molecular complexity index is 865. The Morgan fingerprint density at radius 3 is 2.91 bits per heavy atom. The highest BCUT2D eigenvalue weighted by Gasteiger charge is 2.14. The summed E-state index contributed by atoms with van der Waals surface area (Å²) in [6.07, 6.45) is 2.92. The van der Waals surface area contributed by atoms with Crippen molar-refractivity contribution < 1.29 is 13.9 Å². The number of carbonyl (C=O) groups excluding carboxylic acids is 1. The molecule has 6 heteroatoms. The zero-order valence-corrected chi connectivity index (χ0v) is 11.9. The van der Waals surface area contributed by atoms with Crippen LogP contribution in [0.3, 0.4) is 0 Å². The molecule has 0 fully saturated rings. The number of carbonyl (C=O) groups is 1. The van der Waals surface area contributed by atoms with Crippen LogP contribution < -0.4 is 15.5 Å². The SMILES string of the molecule is COc1cccc2c(=O)c(C(=O)NCc3ccco3)c[nH]c12. The molecule has 0 spiro atoms. The van der Waals surface area contributed by atoms with Crippen LogP contribution in [0.25, 0.3) is 10.9 Å². The molecule has 0 atom stereocenters. The van der Waals surface area contributed by atoms with Crippen molar-refractivity contribution in [3.05, 3.63) is 64.3 Å². The van der Waals surface area contributed by atoms with Crippen LogP contribution in [0.1, 0.15) is 16.1 Å². The number of nitrogens with one attached hydrogen (secondary N) is 2. The molecule has 112 valence electrons. The minimum Gasteiger partial charge on any atom is -0.495 e. The molecule has 1 aromatic carbocycles. The van der Waals surface area contributed by atoms with Gasteiger partial charge >= 0.3 is 0 Å². The van der Waals surface area contributed by atoms with Crippen molar-refractivity contribution in [1.29, 1.82) is 0 Å². The number of ether oxygens (including phenoxy) is 1. The number of amides is 1. The van der Waals surface area contributed by atoms with Gasteiger partial charge in [0.2, 0.25) is 5.43 Å². The lowest BCUT2D eigenvalue weighted by atomic mass is 10.1. The summed E-state index contributed by atoms with van der Waals surface area (Å²) in [5, 5.41) is 3.06. The van der Waals surface area contributed by atoms with E-state index in [4.69, 9.17) is 9.15 Å². The molecule has 6 nitrogen and oxygen atoms in total. The second kappa shape index (κ2) is 5.77. The number of aromatic nitrogens is 1. The third kappa shape index (κ3) is 2.46. The molecule has 2 heterocycles. The summed E-state index contributed by atoms with van der Waals surface area (Å²) in [4.78, 5) is 27.5. The number of fused-ring (bicyclic) bond motifs is 1. The van der Waals surface area contributed by atoms with E-state index >= 15 is 0 Å². The van der Waals surface area contributed by atoms with Crippen molar-refractivity contribution in [2.75, 3.05) is 7.11 Å². The van der Waals surface area contributed by atoms with E-state index in [0.717, 1.165) is 0 Å². The fourth-order valence-corrected chi connectivity index (χ4v) is 2.24. The molecule has 0 radical (unpaired) electrons. The Hall–Kier alpha value is -3.02. The first-order valence-corrected chi connectivity index (χ1v) is 6.69. The van der Waals surface area contributed by atoms with Gasteiger partial charge in [-0.2, -0.15) is 0 Å². The summed E-state index contributed by atoms with van der Waals surface area (Å²) < 4.78 is 10.3. The zero-order chi connectivity index (χ0) is 15.5. The van der Waals surface area contributed by atoms with Crippen molar-refractivity contribution in [3.8, 4) is 5.75 Å². The number of methoxy groups -OCH3 is 1. The minimum atomic E-state index is -0.456. The van der Waals surface area contributed by atoms with Crippen molar-refractivity contribution in [3.63, 3.8) is 0 Å². The number of hydrogen-bond acceptors (Lipinski definition) is 4. The van der Waals surface area contributed by atoms with E-state index < -0.39 is 5.91 Å². The largest absolute Gasteiger partial charge is 0.495 e. The molecule has 0 aliphatic rings. The van der Waals surface area contributed by atoms with E-state index in [0.29, 0.717) is 22.4 Å². The van der Waals surface area contributed by atoms with Gasteiger partial charge in [-0.15, -0.1) is 0 Å². The maximum Gasteiger partial charge on any atom is 0.257 e. The van der Waals surface area contributed by atoms with Gasteiger partial charge in [-0.05, 0) is 24.3 Å². The van der Waals surface area contributed by atoms with Gasteiger partial charge in [0, 0.05) is 6.20 Å². The Kier molecular flexibility index (Phi) is 3.65. The number of pyridine rings is 1. The van der Waals surface area contributed by atoms with Gasteiger partial charge in [0.1, 0.15) is 17.1 Å². The number of rotatable bonds is 4. The predicted molar refractivity (Wildman–Crippen MR) is 81.0 cm³/mol. The Labute approximate surface area is 125 Å². The lowest BCUT2D eigenvalue weighted by Gasteiger charge is -2.07. The molecule has 0 aliphatic carbocycles. The van der Waals surface area contributed by atoms with E-state index in [-0.39, 0.29) is 17.5 Å². The molecule has 0 saturated carbocycles. The molecular formula is C16H14N2O4. The van der Waals surface area contributed by atoms with E-state index in [2.05, 4.69) is 10.3 Å². The number of furan rings is 1. The summed E-state index contributed by atoms with van der Waals surface area (Å²) in [5.41, 5.74) is 0.273. The lowest BCUT2D eigenvalue weighted by Crippen LogP contribution is -2.28. The molecule has 2 aromatic heterocycles. The van der Waals surface area contributed by atoms with Gasteiger partial charge in [0.25, 0.3) is 5.91 Å². The molecule has 0 bridgehead atoms. The topological polar surface area (TPSA) is 84.3 Å². The molecule has 1 amide bonds. The van der Waals surface area contributed by atoms with Gasteiger partial charge in [0.15, 0.2) is 0 Å². The monoisotopic (exact) mass is 298 g/mol. The normalized spacial score (nSPS) is 10.6. The van der Waals surface area contributed by atoms with E-state index in [1.165, 1.54) is 19.6 Å². The summed E-state index contributed by atoms with van der Waals surface area (Å²) in [5.74, 6) is 0.715. The average Bonchev–Trinajstić information content (AvgIpc) is 3.06. The van der Waals surface area contributed by atoms with Crippen LogP contribution in [0, 0.1) is 0 Å². The van der Waals surface area contributed by atoms with Crippen LogP contribution >= 0.6 is 0 Å². The molecule has 0 saturated heterocycles. The fourth-order valence-electron chi connectivity index (χ4n) is 2.24. The average molecular weight is 298 g/mol. The van der Waals surface area contributed by atoms with Gasteiger partial charge < -0.3 is 19.5 Å². The summed E-state index contributed by atoms with van der Waals surface area (Å²) in [6.45, 7) is 0.224. The molecule has 0 aliphatic heterocycles. The van der Waals surface area contributed by atoms with E-state index in [1.54, 1.807) is 30.3 Å². The van der Waals surface area contributed by atoms with Crippen LogP contribution in [0.5, 0.6) is 5.75 Å². The zero-order valence-electron chi connectivity index (χ0n) is 11.9. The predicted octanol–water partition coefficient (Wildman–Crippen LogP) is 2.06. The highest BCUT2D eigenvalue weighted by molar-refractivity contribution is 5.97. The van der Waals surface area contributed by atoms with E-state index in [1.807, 2.05) is 0 Å². The second-order valence-electron chi connectivity index (χ2n) is 4.68. The molecule has 2 N–H and O–H groups in total. The smallest absolute Gasteiger partial charge is 0.257 e. The van der Waals surface area contributed by atoms with Gasteiger partial charge in [-0.1, -0.05) is 6.07 Å². The number of hydrogen-bond donors (Lipinski definition) is 2. The van der Waals surface area contributed by atoms with Gasteiger partial charge in [0.05, 0.1) is 30.8 Å². The van der Waals surface area contributed by atoms with Crippen molar-refractivity contribution in [2.24, 2.45) is 0 Å². The van der Waals surface area contributed by atoms with Crippen LogP contribution in [0.15, 0.2) is 52.0 Å². The van der Waals surface area contributed by atoms with Crippen LogP contribution in [0.4, 0.5) is 0 Å². The van der Waals surface area contributed by atoms with Crippen molar-refractivity contribution in [1.82, 2.24) is 10.3 Å². The van der Waals surface area contributed by atoms with Gasteiger partial charge in [-0.3, -0.25) is 9.59 Å². The quantitative estimate of drug-likeness (QED) is 0.772. The minimum absolute atomic E-state index is 0.0484. The molecule has 3 aromatic rings. The lowest BCUT2D eigenvalue weighted by molar-refractivity contribution is 0.0947. The highest BCUT2D eigenvalue weighted by atomic mass is 16.5. The summed E-state index contributed by atoms with van der Waals surface area (Å²) in [6, 6.07) is 8.59. The number of para-hydroxylation sites is 1. The first-order chi connectivity index (χ1) is 10.7. The standard InChI is InChI=1S/C16H14N2O4/c1-21-13-6-2-5-11-14(13)17-9-12(15(11)19)16(20)18-8-10-4-3-7-22-10/h2-7,9H,8H2,1H3,(H,17,19)(H,18,20). The van der Waals surface area contributed by atoms with Crippen LogP contribution in [-0.2, 0) is 6.54 Å². The van der Waals surface area contributed by atoms with E-state index in [9.17, 15) is 9.59 Å². The second-order valence-corrected chi connectivity index (χ2v) is 4.68. The first kappa shape index (κ1) is 13.9. The first-order valence-electron chi connectivity index (χ1n) is 6.69. The number of benzene rings is 1. The van der Waals surface area contributed by atoms with Crippen molar-refractivity contribution >= 4 is 16.8 Å². The third-order valence-electron chi connectivity index (χ3n) is 3.34. The fraction of sp³-hybridized carbons (Fsp3) is 0.125. The molecular weight excluding hydrogens is 284 g/mol. The summed E-state index contributed by atoms with van der Waals surface area (Å²) in [7, 11) is 1.52.